The smallest absolute Gasteiger partial charge is 0.261 e. The molecule has 0 bridgehead atoms. The SMILES string of the molecule is CC#CCOc1ccc(S(=O)(=O)N[C@H](CCN2C(=O)c3ccccc3C2=O)C(=O)NO[Si](C)(C)C(C)(C)C)cc1. The number of rotatable bonds is 11. The first-order valence-corrected chi connectivity index (χ1v) is 17.1. The highest BCUT2D eigenvalue weighted by Gasteiger charge is 2.40. The number of ether oxygens (including phenoxy) is 1. The van der Waals surface area contributed by atoms with E-state index in [0.717, 1.165) is 4.90 Å². The Bertz CT molecular complexity index is 1400. The minimum Gasteiger partial charge on any atom is -0.481 e. The molecule has 0 aliphatic carbocycles. The van der Waals surface area contributed by atoms with E-state index < -0.39 is 42.1 Å². The number of carbonyl (C=O) groups is 3. The Kier molecular flexibility index (Phi) is 9.58. The van der Waals surface area contributed by atoms with E-state index in [1.807, 2.05) is 33.9 Å². The minimum atomic E-state index is -4.18. The van der Waals surface area contributed by atoms with Crippen molar-refractivity contribution in [1.82, 2.24) is 15.1 Å². The maximum absolute atomic E-state index is 13.3. The fraction of sp³-hybridized carbons (Fsp3) is 0.393. The molecule has 2 aromatic rings. The highest BCUT2D eigenvalue weighted by molar-refractivity contribution is 7.89. The summed E-state index contributed by atoms with van der Waals surface area (Å²) in [5.74, 6) is 4.16. The molecule has 0 saturated heterocycles. The number of sulfonamides is 1. The third-order valence-corrected chi connectivity index (χ3v) is 12.7. The van der Waals surface area contributed by atoms with Crippen LogP contribution in [-0.4, -0.2) is 58.6 Å². The standard InChI is InChI=1S/C28H35N3O7SSi/c1-7-8-19-37-20-13-15-21(16-14-20)39(35,36)30-24(25(32)29-38-40(5,6)28(2,3)4)17-18-31-26(33)22-11-9-10-12-23(22)27(31)34/h9-16,24,30H,17-19H2,1-6H3,(H,29,32)/t24-/m1/s1. The zero-order valence-corrected chi connectivity index (χ0v) is 25.3. The zero-order chi connectivity index (χ0) is 29.7. The van der Waals surface area contributed by atoms with Crippen LogP contribution in [0.25, 0.3) is 0 Å². The van der Waals surface area contributed by atoms with E-state index in [1.54, 1.807) is 31.2 Å². The van der Waals surface area contributed by atoms with Gasteiger partial charge in [0.15, 0.2) is 0 Å². The predicted octanol–water partition coefficient (Wildman–Crippen LogP) is 3.47. The Balaban J connectivity index is 1.79. The monoisotopic (exact) mass is 585 g/mol. The number of amides is 3. The molecule has 0 fully saturated rings. The molecule has 0 radical (unpaired) electrons. The van der Waals surface area contributed by atoms with Crippen LogP contribution in [0, 0.1) is 11.8 Å². The number of nitrogens with one attached hydrogen (secondary N) is 2. The largest absolute Gasteiger partial charge is 0.481 e. The molecule has 214 valence electrons. The first-order chi connectivity index (χ1) is 18.7. The van der Waals surface area contributed by atoms with Gasteiger partial charge in [-0.15, -0.1) is 5.92 Å². The summed E-state index contributed by atoms with van der Waals surface area (Å²) in [4.78, 5) is 39.8. The summed E-state index contributed by atoms with van der Waals surface area (Å²) >= 11 is 0. The molecule has 2 aromatic carbocycles. The van der Waals surface area contributed by atoms with Gasteiger partial charge >= 0.3 is 0 Å². The Morgan fingerprint density at radius 3 is 2.12 bits per heavy atom. The second-order valence-electron chi connectivity index (χ2n) is 10.8. The fourth-order valence-corrected chi connectivity index (χ4v) is 5.40. The van der Waals surface area contributed by atoms with Crippen molar-refractivity contribution in [2.24, 2.45) is 0 Å². The van der Waals surface area contributed by atoms with Crippen LogP contribution in [0.5, 0.6) is 5.75 Å². The summed E-state index contributed by atoms with van der Waals surface area (Å²) in [6.45, 7) is 11.5. The third kappa shape index (κ3) is 7.17. The van der Waals surface area contributed by atoms with Gasteiger partial charge in [-0.25, -0.2) is 13.9 Å². The maximum Gasteiger partial charge on any atom is 0.261 e. The summed E-state index contributed by atoms with van der Waals surface area (Å²) in [6, 6.07) is 10.8. The van der Waals surface area contributed by atoms with Gasteiger partial charge in [0, 0.05) is 6.54 Å². The molecule has 0 unspecified atom stereocenters. The van der Waals surface area contributed by atoms with Crippen molar-refractivity contribution in [1.29, 1.82) is 0 Å². The first kappa shape index (κ1) is 31.0. The molecule has 1 aliphatic heterocycles. The molecule has 1 atom stereocenters. The number of hydroxylamine groups is 1. The van der Waals surface area contributed by atoms with Crippen LogP contribution in [0.2, 0.25) is 18.1 Å². The van der Waals surface area contributed by atoms with Crippen LogP contribution < -0.4 is 14.9 Å². The van der Waals surface area contributed by atoms with Crippen molar-refractivity contribution < 1.29 is 32.1 Å². The van der Waals surface area contributed by atoms with E-state index in [9.17, 15) is 22.8 Å². The fourth-order valence-electron chi connectivity index (χ4n) is 3.51. The molecule has 10 nitrogen and oxygen atoms in total. The number of carbonyl (C=O) groups excluding carboxylic acids is 3. The lowest BCUT2D eigenvalue weighted by Crippen LogP contribution is -2.53. The number of hydrogen-bond donors (Lipinski definition) is 2. The highest BCUT2D eigenvalue weighted by atomic mass is 32.2. The van der Waals surface area contributed by atoms with Crippen LogP contribution in [0.3, 0.4) is 0 Å². The number of nitrogens with zero attached hydrogens (tertiary/aromatic N) is 1. The van der Waals surface area contributed by atoms with Crippen molar-refractivity contribution in [3.63, 3.8) is 0 Å². The Labute approximate surface area is 236 Å². The molecule has 40 heavy (non-hydrogen) atoms. The molecule has 0 spiro atoms. The molecular formula is C28H35N3O7SSi. The van der Waals surface area contributed by atoms with Gasteiger partial charge in [0.2, 0.25) is 18.3 Å². The molecule has 0 saturated carbocycles. The van der Waals surface area contributed by atoms with Crippen LogP contribution >= 0.6 is 0 Å². The van der Waals surface area contributed by atoms with Crippen molar-refractivity contribution in [2.45, 2.75) is 63.2 Å². The van der Waals surface area contributed by atoms with Gasteiger partial charge in [-0.3, -0.25) is 19.3 Å². The lowest BCUT2D eigenvalue weighted by molar-refractivity contribution is -0.130. The number of fused-ring (bicyclic) bond motifs is 1. The van der Waals surface area contributed by atoms with Crippen LogP contribution in [0.1, 0.15) is 54.8 Å². The molecule has 12 heteroatoms. The molecule has 1 heterocycles. The van der Waals surface area contributed by atoms with E-state index in [1.165, 1.54) is 24.3 Å². The average Bonchev–Trinajstić information content (AvgIpc) is 3.14. The Hall–Kier alpha value is -3.50. The minimum absolute atomic E-state index is 0.0923. The molecule has 0 aromatic heterocycles. The summed E-state index contributed by atoms with van der Waals surface area (Å²) < 4.78 is 40.2. The van der Waals surface area contributed by atoms with Gasteiger partial charge in [-0.05, 0) is 67.9 Å². The summed E-state index contributed by atoms with van der Waals surface area (Å²) in [6.07, 6.45) is -0.172. The lowest BCUT2D eigenvalue weighted by Gasteiger charge is -2.35. The van der Waals surface area contributed by atoms with E-state index >= 15 is 0 Å². The van der Waals surface area contributed by atoms with Gasteiger partial charge in [0.05, 0.1) is 16.0 Å². The van der Waals surface area contributed by atoms with Gasteiger partial charge < -0.3 is 9.26 Å². The molecule has 1 aliphatic rings. The first-order valence-electron chi connectivity index (χ1n) is 12.8. The summed E-state index contributed by atoms with van der Waals surface area (Å²) in [5, 5.41) is -0.220. The van der Waals surface area contributed by atoms with Crippen molar-refractivity contribution in [3.05, 3.63) is 59.7 Å². The number of imide groups is 1. The van der Waals surface area contributed by atoms with Gasteiger partial charge in [-0.1, -0.05) is 38.8 Å². The normalized spacial score (nSPS) is 14.3. The molecule has 3 rings (SSSR count). The quantitative estimate of drug-likeness (QED) is 0.179. The molecule has 2 N–H and O–H groups in total. The summed E-state index contributed by atoms with van der Waals surface area (Å²) in [7, 11) is -6.60. The summed E-state index contributed by atoms with van der Waals surface area (Å²) in [5.41, 5.74) is 2.96. The lowest BCUT2D eigenvalue weighted by atomic mass is 10.1. The second-order valence-corrected chi connectivity index (χ2v) is 17.2. The van der Waals surface area contributed by atoms with Gasteiger partial charge in [0.1, 0.15) is 18.4 Å². The predicted molar refractivity (Wildman–Crippen MR) is 152 cm³/mol. The van der Waals surface area contributed by atoms with E-state index in [4.69, 9.17) is 9.26 Å². The maximum atomic E-state index is 13.3. The topological polar surface area (TPSA) is 131 Å². The van der Waals surface area contributed by atoms with Crippen molar-refractivity contribution >= 4 is 36.1 Å². The second kappa shape index (κ2) is 12.3. The highest BCUT2D eigenvalue weighted by Crippen LogP contribution is 2.36. The Morgan fingerprint density at radius 1 is 1.02 bits per heavy atom. The van der Waals surface area contributed by atoms with Crippen molar-refractivity contribution in [2.75, 3.05) is 13.2 Å². The third-order valence-electron chi connectivity index (χ3n) is 6.97. The average molecular weight is 586 g/mol. The van der Waals surface area contributed by atoms with E-state index in [2.05, 4.69) is 22.0 Å². The number of hydrogen-bond acceptors (Lipinski definition) is 7. The van der Waals surface area contributed by atoms with Gasteiger partial charge in [0.25, 0.3) is 17.7 Å². The van der Waals surface area contributed by atoms with Crippen molar-refractivity contribution in [3.8, 4) is 17.6 Å². The molecular weight excluding hydrogens is 550 g/mol. The molecule has 3 amide bonds. The van der Waals surface area contributed by atoms with Crippen LogP contribution in [0.15, 0.2) is 53.4 Å². The Morgan fingerprint density at radius 2 is 1.60 bits per heavy atom. The zero-order valence-electron chi connectivity index (χ0n) is 23.5. The number of benzene rings is 2. The van der Waals surface area contributed by atoms with Crippen LogP contribution in [-0.2, 0) is 19.3 Å². The van der Waals surface area contributed by atoms with E-state index in [-0.39, 0.29) is 40.6 Å². The van der Waals surface area contributed by atoms with Gasteiger partial charge in [-0.2, -0.15) is 4.72 Å². The van der Waals surface area contributed by atoms with E-state index in [0.29, 0.717) is 5.75 Å². The van der Waals surface area contributed by atoms with Crippen LogP contribution in [0.4, 0.5) is 0 Å².